The number of amides is 1. The summed E-state index contributed by atoms with van der Waals surface area (Å²) in [5, 5.41) is 3.14. The number of carbonyl (C=O) groups is 1. The van der Waals surface area contributed by atoms with Crippen LogP contribution in [0.25, 0.3) is 0 Å². The average Bonchev–Trinajstić information content (AvgIpc) is 2.70. The lowest BCUT2D eigenvalue weighted by Crippen LogP contribution is -2.28. The van der Waals surface area contributed by atoms with Gasteiger partial charge >= 0.3 is 0 Å². The van der Waals surface area contributed by atoms with E-state index in [1.165, 1.54) is 0 Å². The van der Waals surface area contributed by atoms with Crippen LogP contribution in [-0.4, -0.2) is 26.2 Å². The Hall–Kier alpha value is -2.69. The zero-order chi connectivity index (χ0) is 19.2. The molecule has 0 fully saturated rings. The maximum atomic E-state index is 12.5. The molecule has 1 aliphatic rings. The first-order valence-electron chi connectivity index (χ1n) is 9.43. The fourth-order valence-corrected chi connectivity index (χ4v) is 3.31. The van der Waals surface area contributed by atoms with Crippen molar-refractivity contribution in [2.45, 2.75) is 39.2 Å². The van der Waals surface area contributed by atoms with Crippen LogP contribution in [0.3, 0.4) is 0 Å². The molecule has 144 valence electrons. The maximum Gasteiger partial charge on any atom is 0.220 e. The molecule has 5 heteroatoms. The third kappa shape index (κ3) is 4.73. The standard InChI is InChI=1S/C22H27NO4/c1-4-18(17-7-9-19(25-3)15(2)13-17)23-22(24)10-6-16-5-8-20-21(14-16)27-12-11-26-20/h5,7-9,13-14,18H,4,6,10-12H2,1-3H3,(H,23,24)/t18-/m0/s1. The highest BCUT2D eigenvalue weighted by molar-refractivity contribution is 5.76. The summed E-state index contributed by atoms with van der Waals surface area (Å²) in [4.78, 5) is 12.5. The molecule has 2 aromatic rings. The maximum absolute atomic E-state index is 12.5. The molecule has 0 radical (unpaired) electrons. The molecule has 0 saturated carbocycles. The van der Waals surface area contributed by atoms with E-state index < -0.39 is 0 Å². The minimum atomic E-state index is 0.00220. The summed E-state index contributed by atoms with van der Waals surface area (Å²) in [5.74, 6) is 2.44. The molecular formula is C22H27NO4. The highest BCUT2D eigenvalue weighted by atomic mass is 16.6. The number of nitrogens with one attached hydrogen (secondary N) is 1. The van der Waals surface area contributed by atoms with Crippen LogP contribution in [0.4, 0.5) is 0 Å². The number of hydrogen-bond acceptors (Lipinski definition) is 4. The van der Waals surface area contributed by atoms with E-state index in [4.69, 9.17) is 14.2 Å². The Labute approximate surface area is 160 Å². The molecule has 1 N–H and O–H groups in total. The molecular weight excluding hydrogens is 342 g/mol. The van der Waals surface area contributed by atoms with Gasteiger partial charge in [-0.3, -0.25) is 4.79 Å². The largest absolute Gasteiger partial charge is 0.496 e. The third-order valence-corrected chi connectivity index (χ3v) is 4.81. The molecule has 0 saturated heterocycles. The molecule has 1 atom stereocenters. The number of rotatable bonds is 7. The van der Waals surface area contributed by atoms with Crippen molar-refractivity contribution in [3.8, 4) is 17.2 Å². The van der Waals surface area contributed by atoms with E-state index in [9.17, 15) is 4.79 Å². The molecule has 0 aliphatic carbocycles. The Morgan fingerprint density at radius 1 is 1.15 bits per heavy atom. The van der Waals surface area contributed by atoms with E-state index in [2.05, 4.69) is 18.3 Å². The number of fused-ring (bicyclic) bond motifs is 1. The van der Waals surface area contributed by atoms with E-state index >= 15 is 0 Å². The van der Waals surface area contributed by atoms with Crippen molar-refractivity contribution < 1.29 is 19.0 Å². The molecule has 0 unspecified atom stereocenters. The SMILES string of the molecule is CC[C@H](NC(=O)CCc1ccc2c(c1)OCCO2)c1ccc(OC)c(C)c1. The minimum Gasteiger partial charge on any atom is -0.496 e. The predicted molar refractivity (Wildman–Crippen MR) is 105 cm³/mol. The fourth-order valence-electron chi connectivity index (χ4n) is 3.31. The summed E-state index contributed by atoms with van der Waals surface area (Å²) in [6.45, 7) is 5.23. The monoisotopic (exact) mass is 369 g/mol. The van der Waals surface area contributed by atoms with Gasteiger partial charge in [0.1, 0.15) is 19.0 Å². The first-order valence-corrected chi connectivity index (χ1v) is 9.43. The molecule has 5 nitrogen and oxygen atoms in total. The van der Waals surface area contributed by atoms with E-state index in [1.807, 2.05) is 37.3 Å². The second-order valence-corrected chi connectivity index (χ2v) is 6.74. The van der Waals surface area contributed by atoms with Crippen molar-refractivity contribution in [1.82, 2.24) is 5.32 Å². The Morgan fingerprint density at radius 3 is 2.63 bits per heavy atom. The van der Waals surface area contributed by atoms with Gasteiger partial charge in [-0.05, 0) is 54.7 Å². The van der Waals surface area contributed by atoms with Gasteiger partial charge in [0.2, 0.25) is 5.91 Å². The number of benzene rings is 2. The van der Waals surface area contributed by atoms with Crippen molar-refractivity contribution in [1.29, 1.82) is 0 Å². The van der Waals surface area contributed by atoms with E-state index in [0.29, 0.717) is 26.1 Å². The van der Waals surface area contributed by atoms with Gasteiger partial charge in [0.15, 0.2) is 11.5 Å². The Kier molecular flexibility index (Phi) is 6.22. The molecule has 27 heavy (non-hydrogen) atoms. The van der Waals surface area contributed by atoms with Crippen LogP contribution in [0.1, 0.15) is 42.5 Å². The molecule has 1 amide bonds. The van der Waals surface area contributed by atoms with Crippen molar-refractivity contribution in [3.63, 3.8) is 0 Å². The zero-order valence-electron chi connectivity index (χ0n) is 16.2. The molecule has 0 spiro atoms. The lowest BCUT2D eigenvalue weighted by Gasteiger charge is -2.20. The summed E-state index contributed by atoms with van der Waals surface area (Å²) in [6.07, 6.45) is 1.94. The summed E-state index contributed by atoms with van der Waals surface area (Å²) >= 11 is 0. The lowest BCUT2D eigenvalue weighted by molar-refractivity contribution is -0.121. The summed E-state index contributed by atoms with van der Waals surface area (Å²) in [5.41, 5.74) is 3.24. The number of ether oxygens (including phenoxy) is 3. The van der Waals surface area contributed by atoms with Crippen molar-refractivity contribution in [2.75, 3.05) is 20.3 Å². The smallest absolute Gasteiger partial charge is 0.220 e. The van der Waals surface area contributed by atoms with Gasteiger partial charge in [-0.15, -0.1) is 0 Å². The molecule has 1 heterocycles. The molecule has 3 rings (SSSR count). The molecule has 0 aromatic heterocycles. The number of aryl methyl sites for hydroxylation is 2. The van der Waals surface area contributed by atoms with Gasteiger partial charge < -0.3 is 19.5 Å². The highest BCUT2D eigenvalue weighted by Gasteiger charge is 2.15. The van der Waals surface area contributed by atoms with Gasteiger partial charge in [0.25, 0.3) is 0 Å². The van der Waals surface area contributed by atoms with Gasteiger partial charge in [-0.25, -0.2) is 0 Å². The normalized spacial score (nSPS) is 13.7. The van der Waals surface area contributed by atoms with Gasteiger partial charge in [-0.2, -0.15) is 0 Å². The Bertz CT molecular complexity index is 803. The Morgan fingerprint density at radius 2 is 1.93 bits per heavy atom. The van der Waals surface area contributed by atoms with Gasteiger partial charge in [0, 0.05) is 6.42 Å². The zero-order valence-corrected chi connectivity index (χ0v) is 16.2. The van der Waals surface area contributed by atoms with E-state index in [0.717, 1.165) is 40.4 Å². The number of carbonyl (C=O) groups excluding carboxylic acids is 1. The molecule has 0 bridgehead atoms. The summed E-state index contributed by atoms with van der Waals surface area (Å²) in [7, 11) is 1.67. The topological polar surface area (TPSA) is 56.8 Å². The minimum absolute atomic E-state index is 0.00220. The van der Waals surface area contributed by atoms with Crippen molar-refractivity contribution in [2.24, 2.45) is 0 Å². The predicted octanol–water partition coefficient (Wildman–Crippen LogP) is 3.97. The summed E-state index contributed by atoms with van der Waals surface area (Å²) < 4.78 is 16.5. The van der Waals surface area contributed by atoms with Crippen LogP contribution in [-0.2, 0) is 11.2 Å². The molecule has 1 aliphatic heterocycles. The van der Waals surface area contributed by atoms with Crippen LogP contribution < -0.4 is 19.5 Å². The molecule has 2 aromatic carbocycles. The van der Waals surface area contributed by atoms with Crippen LogP contribution in [0.5, 0.6) is 17.2 Å². The van der Waals surface area contributed by atoms with Gasteiger partial charge in [-0.1, -0.05) is 25.1 Å². The summed E-state index contributed by atoms with van der Waals surface area (Å²) in [6, 6.07) is 11.9. The van der Waals surface area contributed by atoms with Crippen LogP contribution >= 0.6 is 0 Å². The first-order chi connectivity index (χ1) is 13.1. The van der Waals surface area contributed by atoms with Crippen LogP contribution in [0, 0.1) is 6.92 Å². The number of methoxy groups -OCH3 is 1. The van der Waals surface area contributed by atoms with Crippen LogP contribution in [0.2, 0.25) is 0 Å². The second-order valence-electron chi connectivity index (χ2n) is 6.74. The quantitative estimate of drug-likeness (QED) is 0.802. The highest BCUT2D eigenvalue weighted by Crippen LogP contribution is 2.31. The first kappa shape index (κ1) is 19.1. The second kappa shape index (κ2) is 8.80. The van der Waals surface area contributed by atoms with E-state index in [1.54, 1.807) is 7.11 Å². The third-order valence-electron chi connectivity index (χ3n) is 4.81. The van der Waals surface area contributed by atoms with Crippen molar-refractivity contribution >= 4 is 5.91 Å². The van der Waals surface area contributed by atoms with Crippen molar-refractivity contribution in [3.05, 3.63) is 53.1 Å². The van der Waals surface area contributed by atoms with Gasteiger partial charge in [0.05, 0.1) is 13.2 Å². The fraction of sp³-hybridized carbons (Fsp3) is 0.409. The van der Waals surface area contributed by atoms with E-state index in [-0.39, 0.29) is 11.9 Å². The average molecular weight is 369 g/mol. The number of hydrogen-bond donors (Lipinski definition) is 1. The van der Waals surface area contributed by atoms with Crippen LogP contribution in [0.15, 0.2) is 36.4 Å². The lowest BCUT2D eigenvalue weighted by atomic mass is 10.0. The Balaban J connectivity index is 1.58.